The summed E-state index contributed by atoms with van der Waals surface area (Å²) in [5, 5.41) is 3.05. The van der Waals surface area contributed by atoms with E-state index in [1.54, 1.807) is 18.5 Å². The molecule has 0 spiro atoms. The molecular weight excluding hydrogens is 252 g/mol. The van der Waals surface area contributed by atoms with Crippen LogP contribution in [0.25, 0.3) is 5.65 Å². The Morgan fingerprint density at radius 3 is 2.90 bits per heavy atom. The summed E-state index contributed by atoms with van der Waals surface area (Å²) in [5.74, 6) is 0.370. The monoisotopic (exact) mass is 274 g/mol. The van der Waals surface area contributed by atoms with Gasteiger partial charge in [0.1, 0.15) is 5.65 Å². The number of nitrogens with zero attached hydrogens (tertiary/aromatic N) is 2. The van der Waals surface area contributed by atoms with Crippen molar-refractivity contribution in [2.45, 2.75) is 32.7 Å². The first-order valence-corrected chi connectivity index (χ1v) is 6.89. The van der Waals surface area contributed by atoms with Crippen molar-refractivity contribution in [3.05, 3.63) is 36.3 Å². The zero-order chi connectivity index (χ0) is 14.8. The first-order chi connectivity index (χ1) is 9.43. The molecule has 108 valence electrons. The Morgan fingerprint density at radius 1 is 1.50 bits per heavy atom. The number of amides is 1. The van der Waals surface area contributed by atoms with E-state index in [1.165, 1.54) is 0 Å². The van der Waals surface area contributed by atoms with Gasteiger partial charge in [0.25, 0.3) is 5.91 Å². The van der Waals surface area contributed by atoms with Gasteiger partial charge in [0.05, 0.1) is 5.56 Å². The van der Waals surface area contributed by atoms with Crippen LogP contribution in [0.3, 0.4) is 0 Å². The van der Waals surface area contributed by atoms with Crippen LogP contribution in [0.15, 0.2) is 30.7 Å². The third-order valence-corrected chi connectivity index (χ3v) is 3.38. The number of aromatic nitrogens is 2. The maximum Gasteiger partial charge on any atom is 0.253 e. The summed E-state index contributed by atoms with van der Waals surface area (Å²) in [6.07, 6.45) is 6.16. The number of nitrogens with two attached hydrogens (primary N) is 1. The number of imidazole rings is 1. The van der Waals surface area contributed by atoms with Gasteiger partial charge in [-0.3, -0.25) is 4.79 Å². The quantitative estimate of drug-likeness (QED) is 0.873. The van der Waals surface area contributed by atoms with Gasteiger partial charge in [-0.2, -0.15) is 0 Å². The number of nitrogens with one attached hydrogen (secondary N) is 1. The summed E-state index contributed by atoms with van der Waals surface area (Å²) in [7, 11) is 0. The lowest BCUT2D eigenvalue weighted by Crippen LogP contribution is -2.52. The highest BCUT2D eigenvalue weighted by molar-refractivity contribution is 5.94. The zero-order valence-corrected chi connectivity index (χ0v) is 12.3. The standard InChI is InChI=1S/C15H22N4O/c1-11(2)8-15(3,10-16)18-14(20)12-4-5-13-17-6-7-19(13)9-12/h4-7,9,11H,8,10,16H2,1-3H3,(H,18,20). The number of carbonyl (C=O) groups is 1. The van der Waals surface area contributed by atoms with Crippen molar-refractivity contribution in [1.29, 1.82) is 0 Å². The van der Waals surface area contributed by atoms with Crippen LogP contribution in [0.4, 0.5) is 0 Å². The summed E-state index contributed by atoms with van der Waals surface area (Å²) < 4.78 is 1.83. The highest BCUT2D eigenvalue weighted by Gasteiger charge is 2.26. The van der Waals surface area contributed by atoms with Crippen molar-refractivity contribution in [3.8, 4) is 0 Å². The molecule has 1 unspecified atom stereocenters. The van der Waals surface area contributed by atoms with Crippen LogP contribution >= 0.6 is 0 Å². The van der Waals surface area contributed by atoms with E-state index < -0.39 is 0 Å². The summed E-state index contributed by atoms with van der Waals surface area (Å²) in [6, 6.07) is 3.61. The third-order valence-electron chi connectivity index (χ3n) is 3.38. The van der Waals surface area contributed by atoms with Crippen molar-refractivity contribution in [2.24, 2.45) is 11.7 Å². The number of rotatable bonds is 5. The minimum absolute atomic E-state index is 0.103. The van der Waals surface area contributed by atoms with E-state index in [4.69, 9.17) is 5.73 Å². The molecule has 0 aromatic carbocycles. The minimum Gasteiger partial charge on any atom is -0.346 e. The van der Waals surface area contributed by atoms with Crippen molar-refractivity contribution in [2.75, 3.05) is 6.54 Å². The first kappa shape index (κ1) is 14.5. The maximum atomic E-state index is 12.4. The molecule has 0 saturated heterocycles. The smallest absolute Gasteiger partial charge is 0.253 e. The molecule has 2 rings (SSSR count). The molecule has 2 heterocycles. The molecule has 5 heteroatoms. The molecular formula is C15H22N4O. The number of pyridine rings is 1. The summed E-state index contributed by atoms with van der Waals surface area (Å²) in [5.41, 5.74) is 6.88. The molecule has 0 radical (unpaired) electrons. The number of fused-ring (bicyclic) bond motifs is 1. The minimum atomic E-state index is -0.380. The zero-order valence-electron chi connectivity index (χ0n) is 12.3. The number of hydrogen-bond donors (Lipinski definition) is 2. The van der Waals surface area contributed by atoms with Gasteiger partial charge < -0.3 is 15.5 Å². The normalized spacial score (nSPS) is 14.4. The fourth-order valence-corrected chi connectivity index (χ4v) is 2.49. The molecule has 0 fully saturated rings. The van der Waals surface area contributed by atoms with E-state index in [-0.39, 0.29) is 11.4 Å². The average molecular weight is 274 g/mol. The summed E-state index contributed by atoms with van der Waals surface area (Å²) >= 11 is 0. The molecule has 5 nitrogen and oxygen atoms in total. The van der Waals surface area contributed by atoms with Gasteiger partial charge in [0.15, 0.2) is 0 Å². The van der Waals surface area contributed by atoms with Crippen molar-refractivity contribution >= 4 is 11.6 Å². The first-order valence-electron chi connectivity index (χ1n) is 6.89. The lowest BCUT2D eigenvalue weighted by molar-refractivity contribution is 0.0898. The van der Waals surface area contributed by atoms with Crippen LogP contribution in [-0.4, -0.2) is 27.4 Å². The van der Waals surface area contributed by atoms with E-state index in [1.807, 2.05) is 23.6 Å². The number of hydrogen-bond acceptors (Lipinski definition) is 3. The predicted octanol–water partition coefficient (Wildman–Crippen LogP) is 1.83. The van der Waals surface area contributed by atoms with Crippen molar-refractivity contribution in [1.82, 2.24) is 14.7 Å². The van der Waals surface area contributed by atoms with E-state index >= 15 is 0 Å². The third kappa shape index (κ3) is 3.17. The second kappa shape index (κ2) is 5.63. The highest BCUT2D eigenvalue weighted by Crippen LogP contribution is 2.16. The van der Waals surface area contributed by atoms with Gasteiger partial charge in [-0.1, -0.05) is 13.8 Å². The van der Waals surface area contributed by atoms with Crippen LogP contribution in [0.2, 0.25) is 0 Å². The molecule has 0 aliphatic rings. The molecule has 0 aliphatic carbocycles. The van der Waals surface area contributed by atoms with Crippen LogP contribution in [-0.2, 0) is 0 Å². The van der Waals surface area contributed by atoms with Gasteiger partial charge in [-0.25, -0.2) is 4.98 Å². The Labute approximate surface area is 119 Å². The SMILES string of the molecule is CC(C)CC(C)(CN)NC(=O)c1ccc2nccn2c1. The van der Waals surface area contributed by atoms with Gasteiger partial charge in [0, 0.05) is 30.7 Å². The Hall–Kier alpha value is -1.88. The maximum absolute atomic E-state index is 12.4. The van der Waals surface area contributed by atoms with Crippen LogP contribution < -0.4 is 11.1 Å². The Balaban J connectivity index is 2.17. The second-order valence-corrected chi connectivity index (χ2v) is 5.93. The van der Waals surface area contributed by atoms with Crippen molar-refractivity contribution in [3.63, 3.8) is 0 Å². The fourth-order valence-electron chi connectivity index (χ4n) is 2.49. The van der Waals surface area contributed by atoms with E-state index in [2.05, 4.69) is 24.1 Å². The molecule has 2 aromatic rings. The van der Waals surface area contributed by atoms with Crippen LogP contribution in [0, 0.1) is 5.92 Å². The topological polar surface area (TPSA) is 72.4 Å². The molecule has 1 atom stereocenters. The summed E-state index contributed by atoms with van der Waals surface area (Å²) in [6.45, 7) is 6.65. The number of carbonyl (C=O) groups excluding carboxylic acids is 1. The highest BCUT2D eigenvalue weighted by atomic mass is 16.1. The van der Waals surface area contributed by atoms with Crippen molar-refractivity contribution < 1.29 is 4.79 Å². The average Bonchev–Trinajstić information content (AvgIpc) is 2.84. The summed E-state index contributed by atoms with van der Waals surface area (Å²) in [4.78, 5) is 16.5. The predicted molar refractivity (Wildman–Crippen MR) is 79.6 cm³/mol. The van der Waals surface area contributed by atoms with E-state index in [9.17, 15) is 4.79 Å². The van der Waals surface area contributed by atoms with Gasteiger partial charge in [-0.05, 0) is 31.4 Å². The molecule has 0 saturated carbocycles. The van der Waals surface area contributed by atoms with E-state index in [0.717, 1.165) is 12.1 Å². The Bertz CT molecular complexity index is 605. The molecule has 1 amide bonds. The van der Waals surface area contributed by atoms with Crippen LogP contribution in [0.1, 0.15) is 37.6 Å². The fraction of sp³-hybridized carbons (Fsp3) is 0.467. The molecule has 0 bridgehead atoms. The van der Waals surface area contributed by atoms with Gasteiger partial charge in [-0.15, -0.1) is 0 Å². The Kier molecular flexibility index (Phi) is 4.09. The van der Waals surface area contributed by atoms with Crippen LogP contribution in [0.5, 0.6) is 0 Å². The van der Waals surface area contributed by atoms with E-state index in [0.29, 0.717) is 18.0 Å². The largest absolute Gasteiger partial charge is 0.346 e. The molecule has 0 aliphatic heterocycles. The molecule has 2 aromatic heterocycles. The Morgan fingerprint density at radius 2 is 2.25 bits per heavy atom. The second-order valence-electron chi connectivity index (χ2n) is 5.93. The lowest BCUT2D eigenvalue weighted by Gasteiger charge is -2.31. The molecule has 20 heavy (non-hydrogen) atoms. The van der Waals surface area contributed by atoms with Gasteiger partial charge in [0.2, 0.25) is 0 Å². The van der Waals surface area contributed by atoms with Gasteiger partial charge >= 0.3 is 0 Å². The lowest BCUT2D eigenvalue weighted by atomic mass is 9.90. The molecule has 3 N–H and O–H groups in total.